The molecule has 142 valence electrons. The first-order chi connectivity index (χ1) is 13.4. The van der Waals surface area contributed by atoms with Crippen molar-refractivity contribution in [3.63, 3.8) is 0 Å². The monoisotopic (exact) mass is 415 g/mol. The maximum absolute atomic E-state index is 13.9. The number of halogens is 2. The molecule has 1 N–H and O–H groups in total. The third kappa shape index (κ3) is 3.08. The Kier molecular flexibility index (Phi) is 4.68. The van der Waals surface area contributed by atoms with Gasteiger partial charge in [0.25, 0.3) is 12.0 Å². The standard InChI is InChI=1S/C20H15F2N3OS2/c1-10-5-3-4-6-14(10)25-18-16(19(26)24-20(25)27)12(17(21)22)9-13(23-18)15-8-7-11(2)28-15/h3-9,17H,1-2H3,(H,24,26,27). The van der Waals surface area contributed by atoms with E-state index in [1.54, 1.807) is 4.57 Å². The summed E-state index contributed by atoms with van der Waals surface area (Å²) < 4.78 is 29.4. The Morgan fingerprint density at radius 3 is 2.57 bits per heavy atom. The number of thiophene rings is 1. The summed E-state index contributed by atoms with van der Waals surface area (Å²) in [5.41, 5.74) is 1.06. The van der Waals surface area contributed by atoms with Gasteiger partial charge in [-0.15, -0.1) is 11.3 Å². The second-order valence-corrected chi connectivity index (χ2v) is 8.06. The van der Waals surface area contributed by atoms with E-state index in [1.807, 2.05) is 50.2 Å². The van der Waals surface area contributed by atoms with Gasteiger partial charge in [0.15, 0.2) is 10.4 Å². The van der Waals surface area contributed by atoms with Crippen LogP contribution in [-0.2, 0) is 0 Å². The van der Waals surface area contributed by atoms with E-state index in [9.17, 15) is 13.6 Å². The van der Waals surface area contributed by atoms with E-state index in [4.69, 9.17) is 12.2 Å². The molecule has 28 heavy (non-hydrogen) atoms. The highest BCUT2D eigenvalue weighted by molar-refractivity contribution is 7.71. The van der Waals surface area contributed by atoms with Crippen molar-refractivity contribution in [1.29, 1.82) is 0 Å². The number of nitrogens with one attached hydrogen (secondary N) is 1. The fourth-order valence-corrected chi connectivity index (χ4v) is 4.27. The van der Waals surface area contributed by atoms with Crippen LogP contribution in [0.5, 0.6) is 0 Å². The SMILES string of the molecule is Cc1ccc(-c2cc(C(F)F)c3c(=O)[nH]c(=S)n(-c4ccccc4C)c3n2)s1. The van der Waals surface area contributed by atoms with Crippen LogP contribution in [0.25, 0.3) is 27.3 Å². The van der Waals surface area contributed by atoms with Crippen molar-refractivity contribution in [1.82, 2.24) is 14.5 Å². The summed E-state index contributed by atoms with van der Waals surface area (Å²) in [6.07, 6.45) is -2.83. The van der Waals surface area contributed by atoms with Crippen LogP contribution in [0.1, 0.15) is 22.4 Å². The molecular formula is C20H15F2N3OS2. The van der Waals surface area contributed by atoms with Crippen molar-refractivity contribution in [3.8, 4) is 16.3 Å². The zero-order valence-corrected chi connectivity index (χ0v) is 16.6. The quantitative estimate of drug-likeness (QED) is 0.435. The Morgan fingerprint density at radius 2 is 1.93 bits per heavy atom. The van der Waals surface area contributed by atoms with E-state index in [0.717, 1.165) is 15.3 Å². The molecule has 0 fully saturated rings. The first-order valence-electron chi connectivity index (χ1n) is 8.48. The van der Waals surface area contributed by atoms with E-state index in [0.29, 0.717) is 11.4 Å². The third-order valence-electron chi connectivity index (χ3n) is 4.48. The lowest BCUT2D eigenvalue weighted by Crippen LogP contribution is -2.17. The molecule has 0 spiro atoms. The summed E-state index contributed by atoms with van der Waals surface area (Å²) >= 11 is 6.82. The Hall–Kier alpha value is -2.71. The van der Waals surface area contributed by atoms with Crippen LogP contribution in [-0.4, -0.2) is 14.5 Å². The molecule has 0 bridgehead atoms. The number of H-pyrrole nitrogens is 1. The van der Waals surface area contributed by atoms with E-state index in [-0.39, 0.29) is 21.4 Å². The van der Waals surface area contributed by atoms with Crippen molar-refractivity contribution in [2.75, 3.05) is 0 Å². The second-order valence-electron chi connectivity index (χ2n) is 6.39. The summed E-state index contributed by atoms with van der Waals surface area (Å²) in [6, 6.07) is 12.4. The molecule has 0 aliphatic carbocycles. The minimum atomic E-state index is -2.83. The average Bonchev–Trinajstić information content (AvgIpc) is 3.08. The predicted octanol–water partition coefficient (Wildman–Crippen LogP) is 5.73. The van der Waals surface area contributed by atoms with E-state index < -0.39 is 12.0 Å². The number of nitrogens with zero attached hydrogens (tertiary/aromatic N) is 2. The normalized spacial score (nSPS) is 11.5. The van der Waals surface area contributed by atoms with Crippen LogP contribution in [0.15, 0.2) is 47.3 Å². The molecule has 0 saturated heterocycles. The number of aromatic nitrogens is 3. The van der Waals surface area contributed by atoms with Gasteiger partial charge in [0.05, 0.1) is 21.6 Å². The fraction of sp³-hybridized carbons (Fsp3) is 0.150. The predicted molar refractivity (Wildman–Crippen MR) is 110 cm³/mol. The number of hydrogen-bond donors (Lipinski definition) is 1. The summed E-state index contributed by atoms with van der Waals surface area (Å²) in [4.78, 5) is 21.4. The highest BCUT2D eigenvalue weighted by Crippen LogP contribution is 2.33. The lowest BCUT2D eigenvalue weighted by molar-refractivity contribution is 0.153. The molecule has 0 saturated carbocycles. The Bertz CT molecular complexity index is 1320. The summed E-state index contributed by atoms with van der Waals surface area (Å²) in [5.74, 6) is 0. The highest BCUT2D eigenvalue weighted by atomic mass is 32.1. The van der Waals surface area contributed by atoms with Gasteiger partial charge in [-0.3, -0.25) is 14.3 Å². The largest absolute Gasteiger partial charge is 0.298 e. The van der Waals surface area contributed by atoms with Gasteiger partial charge in [0.2, 0.25) is 0 Å². The zero-order chi connectivity index (χ0) is 20.0. The highest BCUT2D eigenvalue weighted by Gasteiger charge is 2.21. The van der Waals surface area contributed by atoms with Crippen molar-refractivity contribution in [2.24, 2.45) is 0 Å². The molecule has 4 rings (SSSR count). The molecule has 0 atom stereocenters. The molecule has 3 aromatic heterocycles. The second kappa shape index (κ2) is 7.03. The van der Waals surface area contributed by atoms with E-state index >= 15 is 0 Å². The Balaban J connectivity index is 2.19. The average molecular weight is 415 g/mol. The number of alkyl halides is 2. The number of fused-ring (bicyclic) bond motifs is 1. The Morgan fingerprint density at radius 1 is 1.18 bits per heavy atom. The first kappa shape index (κ1) is 18.6. The molecule has 0 unspecified atom stereocenters. The molecule has 4 aromatic rings. The summed E-state index contributed by atoms with van der Waals surface area (Å²) in [7, 11) is 0. The van der Waals surface area contributed by atoms with Gasteiger partial charge in [-0.2, -0.15) is 0 Å². The zero-order valence-electron chi connectivity index (χ0n) is 15.0. The van der Waals surface area contributed by atoms with Crippen LogP contribution in [0.2, 0.25) is 0 Å². The number of hydrogen-bond acceptors (Lipinski definition) is 4. The summed E-state index contributed by atoms with van der Waals surface area (Å²) in [6.45, 7) is 3.82. The lowest BCUT2D eigenvalue weighted by Gasteiger charge is -2.15. The molecular weight excluding hydrogens is 400 g/mol. The Labute approximate surface area is 168 Å². The topological polar surface area (TPSA) is 50.7 Å². The van der Waals surface area contributed by atoms with Crippen LogP contribution in [0, 0.1) is 18.6 Å². The molecule has 0 amide bonds. The van der Waals surface area contributed by atoms with Crippen LogP contribution >= 0.6 is 23.6 Å². The number of aryl methyl sites for hydroxylation is 2. The van der Waals surface area contributed by atoms with Crippen molar-refractivity contribution in [2.45, 2.75) is 20.3 Å². The van der Waals surface area contributed by atoms with Crippen LogP contribution in [0.3, 0.4) is 0 Å². The van der Waals surface area contributed by atoms with Gasteiger partial charge < -0.3 is 0 Å². The minimum absolute atomic E-state index is 0.110. The van der Waals surface area contributed by atoms with Gasteiger partial charge in [0.1, 0.15) is 0 Å². The number of aromatic amines is 1. The van der Waals surface area contributed by atoms with Gasteiger partial charge in [0, 0.05) is 10.4 Å². The molecule has 3 heterocycles. The maximum Gasteiger partial charge on any atom is 0.264 e. The number of rotatable bonds is 3. The molecule has 0 aliphatic heterocycles. The lowest BCUT2D eigenvalue weighted by atomic mass is 10.1. The van der Waals surface area contributed by atoms with Crippen molar-refractivity contribution < 1.29 is 8.78 Å². The molecule has 1 aromatic carbocycles. The van der Waals surface area contributed by atoms with Gasteiger partial charge in [-0.25, -0.2) is 13.8 Å². The van der Waals surface area contributed by atoms with Crippen LogP contribution < -0.4 is 5.56 Å². The van der Waals surface area contributed by atoms with Crippen LogP contribution in [0.4, 0.5) is 8.78 Å². The van der Waals surface area contributed by atoms with Gasteiger partial charge in [-0.1, -0.05) is 18.2 Å². The number of benzene rings is 1. The maximum atomic E-state index is 13.9. The smallest absolute Gasteiger partial charge is 0.264 e. The van der Waals surface area contributed by atoms with Gasteiger partial charge in [-0.05, 0) is 55.9 Å². The van der Waals surface area contributed by atoms with Crippen molar-refractivity contribution in [3.05, 3.63) is 73.6 Å². The third-order valence-corrected chi connectivity index (χ3v) is 5.79. The molecule has 0 radical (unpaired) electrons. The van der Waals surface area contributed by atoms with E-state index in [1.165, 1.54) is 17.4 Å². The number of pyridine rings is 1. The first-order valence-corrected chi connectivity index (χ1v) is 9.70. The van der Waals surface area contributed by atoms with E-state index in [2.05, 4.69) is 9.97 Å². The van der Waals surface area contributed by atoms with Gasteiger partial charge >= 0.3 is 0 Å². The minimum Gasteiger partial charge on any atom is -0.298 e. The molecule has 0 aliphatic rings. The number of para-hydroxylation sites is 1. The summed E-state index contributed by atoms with van der Waals surface area (Å²) in [5, 5.41) is -0.149. The fourth-order valence-electron chi connectivity index (χ4n) is 3.17. The molecule has 4 nitrogen and oxygen atoms in total. The molecule has 8 heteroatoms. The van der Waals surface area contributed by atoms with Crippen molar-refractivity contribution >= 4 is 34.6 Å².